The number of methoxy groups -OCH3 is 1. The molecule has 0 radical (unpaired) electrons. The summed E-state index contributed by atoms with van der Waals surface area (Å²) in [7, 11) is 3.71. The smallest absolute Gasteiger partial charge is 0.237 e. The molecule has 3 aliphatic rings. The maximum absolute atomic E-state index is 12.9. The molecule has 4 unspecified atom stereocenters. The molecule has 4 atom stereocenters. The molecule has 158 valence electrons. The molecular formula is C22H32N4O3. The SMILES string of the molecule is CNCC(CN1C2CCC1CC(NC(=O)C1Cc3ccccc3NC1=O)C2)OC. The Hall–Kier alpha value is -1.96. The van der Waals surface area contributed by atoms with Crippen LogP contribution >= 0.6 is 0 Å². The van der Waals surface area contributed by atoms with Crippen molar-refractivity contribution in [2.24, 2.45) is 5.92 Å². The average Bonchev–Trinajstić information content (AvgIpc) is 2.94. The number of carbonyl (C=O) groups is 2. The fourth-order valence-electron chi connectivity index (χ4n) is 5.24. The van der Waals surface area contributed by atoms with Gasteiger partial charge in [-0.25, -0.2) is 0 Å². The number of amides is 2. The van der Waals surface area contributed by atoms with Gasteiger partial charge in [-0.05, 0) is 50.8 Å². The van der Waals surface area contributed by atoms with Gasteiger partial charge in [-0.15, -0.1) is 0 Å². The summed E-state index contributed by atoms with van der Waals surface area (Å²) in [6.45, 7) is 1.76. The van der Waals surface area contributed by atoms with Crippen LogP contribution in [0, 0.1) is 5.92 Å². The molecule has 0 aromatic heterocycles. The zero-order chi connectivity index (χ0) is 20.4. The minimum atomic E-state index is -0.644. The van der Waals surface area contributed by atoms with E-state index in [4.69, 9.17) is 4.74 Å². The van der Waals surface area contributed by atoms with Crippen LogP contribution in [0.1, 0.15) is 31.2 Å². The molecule has 1 aromatic rings. The molecule has 2 amide bonds. The van der Waals surface area contributed by atoms with Crippen LogP contribution in [0.3, 0.4) is 0 Å². The Morgan fingerprint density at radius 2 is 2.00 bits per heavy atom. The molecule has 0 spiro atoms. The molecule has 3 N–H and O–H groups in total. The van der Waals surface area contributed by atoms with E-state index < -0.39 is 5.92 Å². The van der Waals surface area contributed by atoms with Crippen molar-refractivity contribution in [3.8, 4) is 0 Å². The second-order valence-corrected chi connectivity index (χ2v) is 8.58. The molecule has 3 heterocycles. The monoisotopic (exact) mass is 400 g/mol. The van der Waals surface area contributed by atoms with Gasteiger partial charge in [0.25, 0.3) is 0 Å². The van der Waals surface area contributed by atoms with E-state index in [2.05, 4.69) is 20.9 Å². The largest absolute Gasteiger partial charge is 0.379 e. The van der Waals surface area contributed by atoms with Crippen molar-refractivity contribution in [2.75, 3.05) is 32.6 Å². The van der Waals surface area contributed by atoms with Gasteiger partial charge in [-0.3, -0.25) is 14.5 Å². The Morgan fingerprint density at radius 1 is 1.28 bits per heavy atom. The third-order valence-electron chi connectivity index (χ3n) is 6.74. The van der Waals surface area contributed by atoms with Crippen LogP contribution in [0.4, 0.5) is 5.69 Å². The number of hydrogen-bond donors (Lipinski definition) is 3. The molecule has 4 rings (SSSR count). The average molecular weight is 401 g/mol. The molecule has 2 saturated heterocycles. The highest BCUT2D eigenvalue weighted by atomic mass is 16.5. The van der Waals surface area contributed by atoms with Gasteiger partial charge in [-0.1, -0.05) is 18.2 Å². The molecule has 0 saturated carbocycles. The van der Waals surface area contributed by atoms with E-state index in [0.717, 1.165) is 37.2 Å². The first-order valence-electron chi connectivity index (χ1n) is 10.7. The maximum Gasteiger partial charge on any atom is 0.237 e. The number of likely N-dealkylation sites (N-methyl/N-ethyl adjacent to an activating group) is 1. The summed E-state index contributed by atoms with van der Waals surface area (Å²) in [5.74, 6) is -0.981. The van der Waals surface area contributed by atoms with Gasteiger partial charge < -0.3 is 20.7 Å². The quantitative estimate of drug-likeness (QED) is 0.598. The summed E-state index contributed by atoms with van der Waals surface area (Å²) in [4.78, 5) is 27.9. The topological polar surface area (TPSA) is 82.7 Å². The molecule has 2 bridgehead atoms. The molecule has 7 heteroatoms. The highest BCUT2D eigenvalue weighted by Crippen LogP contribution is 2.36. The predicted octanol–water partition coefficient (Wildman–Crippen LogP) is 1.14. The summed E-state index contributed by atoms with van der Waals surface area (Å²) in [5.41, 5.74) is 1.85. The van der Waals surface area contributed by atoms with Crippen LogP contribution < -0.4 is 16.0 Å². The number of nitrogens with zero attached hydrogens (tertiary/aromatic N) is 1. The lowest BCUT2D eigenvalue weighted by Crippen LogP contribution is -2.54. The lowest BCUT2D eigenvalue weighted by molar-refractivity contribution is -0.133. The number of benzene rings is 1. The number of ether oxygens (including phenoxy) is 1. The van der Waals surface area contributed by atoms with Crippen LogP contribution in [-0.2, 0) is 20.7 Å². The summed E-state index contributed by atoms with van der Waals surface area (Å²) < 4.78 is 5.61. The first kappa shape index (κ1) is 20.3. The number of fused-ring (bicyclic) bond motifs is 3. The number of para-hydroxylation sites is 1. The van der Waals surface area contributed by atoms with Gasteiger partial charge in [0.1, 0.15) is 5.92 Å². The van der Waals surface area contributed by atoms with Gasteiger partial charge in [0, 0.05) is 44.0 Å². The second-order valence-electron chi connectivity index (χ2n) is 8.58. The Balaban J connectivity index is 1.35. The summed E-state index contributed by atoms with van der Waals surface area (Å²) in [5, 5.41) is 9.27. The number of carbonyl (C=O) groups excluding carboxylic acids is 2. The van der Waals surface area contributed by atoms with Gasteiger partial charge in [0.15, 0.2) is 0 Å². The summed E-state index contributed by atoms with van der Waals surface area (Å²) in [6, 6.07) is 8.81. The molecule has 1 aromatic carbocycles. The van der Waals surface area contributed by atoms with Crippen molar-refractivity contribution in [3.63, 3.8) is 0 Å². The van der Waals surface area contributed by atoms with Gasteiger partial charge in [0.2, 0.25) is 11.8 Å². The Kier molecular flexibility index (Phi) is 6.18. The Morgan fingerprint density at radius 3 is 2.69 bits per heavy atom. The zero-order valence-corrected chi connectivity index (χ0v) is 17.3. The van der Waals surface area contributed by atoms with Crippen molar-refractivity contribution in [1.82, 2.24) is 15.5 Å². The van der Waals surface area contributed by atoms with E-state index in [-0.39, 0.29) is 24.0 Å². The standard InChI is InChI=1S/C22H32N4O3/c1-23-12-18(29-2)13-26-16-7-8-17(26)11-15(10-16)24-21(27)19-9-14-5-3-4-6-20(14)25-22(19)28/h3-6,15-19,23H,7-13H2,1-2H3,(H,24,27)(H,25,28). The van der Waals surface area contributed by atoms with E-state index in [0.29, 0.717) is 18.5 Å². The number of nitrogens with one attached hydrogen (secondary N) is 3. The maximum atomic E-state index is 12.9. The third kappa shape index (κ3) is 4.32. The minimum absolute atomic E-state index is 0.139. The van der Waals surface area contributed by atoms with Crippen LogP contribution in [0.2, 0.25) is 0 Å². The highest BCUT2D eigenvalue weighted by molar-refractivity contribution is 6.08. The van der Waals surface area contributed by atoms with Crippen LogP contribution in [-0.4, -0.2) is 68.2 Å². The fraction of sp³-hybridized carbons (Fsp3) is 0.636. The van der Waals surface area contributed by atoms with Crippen molar-refractivity contribution in [2.45, 2.75) is 56.3 Å². The van der Waals surface area contributed by atoms with Gasteiger partial charge in [-0.2, -0.15) is 0 Å². The number of anilines is 1. The Labute approximate surface area is 172 Å². The fourth-order valence-corrected chi connectivity index (χ4v) is 5.24. The molecule has 7 nitrogen and oxygen atoms in total. The van der Waals surface area contributed by atoms with Crippen LogP contribution in [0.5, 0.6) is 0 Å². The van der Waals surface area contributed by atoms with E-state index in [9.17, 15) is 9.59 Å². The van der Waals surface area contributed by atoms with E-state index in [1.165, 1.54) is 12.8 Å². The van der Waals surface area contributed by atoms with Crippen LogP contribution in [0.15, 0.2) is 24.3 Å². The highest BCUT2D eigenvalue weighted by Gasteiger charge is 2.42. The zero-order valence-electron chi connectivity index (χ0n) is 17.3. The third-order valence-corrected chi connectivity index (χ3v) is 6.74. The summed E-state index contributed by atoms with van der Waals surface area (Å²) in [6.07, 6.45) is 4.89. The first-order valence-corrected chi connectivity index (χ1v) is 10.7. The molecular weight excluding hydrogens is 368 g/mol. The molecule has 2 fully saturated rings. The molecule has 3 aliphatic heterocycles. The lowest BCUT2D eigenvalue weighted by atomic mass is 9.91. The summed E-state index contributed by atoms with van der Waals surface area (Å²) >= 11 is 0. The van der Waals surface area contributed by atoms with Gasteiger partial charge >= 0.3 is 0 Å². The first-order chi connectivity index (χ1) is 14.1. The normalized spacial score (nSPS) is 29.8. The number of hydrogen-bond acceptors (Lipinski definition) is 5. The Bertz CT molecular complexity index is 741. The number of rotatable bonds is 7. The van der Waals surface area contributed by atoms with E-state index in [1.807, 2.05) is 31.3 Å². The lowest BCUT2D eigenvalue weighted by Gasteiger charge is -2.41. The molecule has 29 heavy (non-hydrogen) atoms. The van der Waals surface area contributed by atoms with Crippen molar-refractivity contribution in [1.29, 1.82) is 0 Å². The van der Waals surface area contributed by atoms with E-state index >= 15 is 0 Å². The second kappa shape index (κ2) is 8.81. The van der Waals surface area contributed by atoms with E-state index in [1.54, 1.807) is 7.11 Å². The molecule has 0 aliphatic carbocycles. The van der Waals surface area contributed by atoms with Gasteiger partial charge in [0.05, 0.1) is 6.10 Å². The van der Waals surface area contributed by atoms with Crippen molar-refractivity contribution >= 4 is 17.5 Å². The van der Waals surface area contributed by atoms with Crippen molar-refractivity contribution in [3.05, 3.63) is 29.8 Å². The number of piperidine rings is 1. The van der Waals surface area contributed by atoms with Crippen LogP contribution in [0.25, 0.3) is 0 Å². The predicted molar refractivity (Wildman–Crippen MR) is 112 cm³/mol. The van der Waals surface area contributed by atoms with Crippen molar-refractivity contribution < 1.29 is 14.3 Å². The minimum Gasteiger partial charge on any atom is -0.379 e.